The van der Waals surface area contributed by atoms with Crippen LogP contribution in [0.15, 0.2) is 35.4 Å². The van der Waals surface area contributed by atoms with Crippen molar-refractivity contribution in [3.63, 3.8) is 0 Å². The number of rotatable bonds is 4. The Morgan fingerprint density at radius 1 is 1.20 bits per heavy atom. The van der Waals surface area contributed by atoms with Crippen molar-refractivity contribution < 1.29 is 9.59 Å². The zero-order valence-corrected chi connectivity index (χ0v) is 15.4. The van der Waals surface area contributed by atoms with Crippen molar-refractivity contribution in [2.24, 2.45) is 5.10 Å². The summed E-state index contributed by atoms with van der Waals surface area (Å²) in [6.45, 7) is 6.42. The Bertz CT molecular complexity index is 854. The number of amides is 2. The Balaban J connectivity index is 1.78. The Kier molecular flexibility index (Phi) is 4.99. The van der Waals surface area contributed by atoms with E-state index < -0.39 is 0 Å². The summed E-state index contributed by atoms with van der Waals surface area (Å²) in [5, 5.41) is 8.61. The molecule has 2 amide bonds. The maximum absolute atomic E-state index is 12.4. The number of carbonyl (C=O) groups is 2. The first-order valence-electron chi connectivity index (χ1n) is 8.25. The van der Waals surface area contributed by atoms with Gasteiger partial charge in [0.05, 0.1) is 12.2 Å². The van der Waals surface area contributed by atoms with Crippen LogP contribution in [0.4, 0.5) is 5.69 Å². The normalized spacial score (nSPS) is 14.4. The molecule has 0 aliphatic carbocycles. The predicted octanol–water partition coefficient (Wildman–Crippen LogP) is 3.47. The summed E-state index contributed by atoms with van der Waals surface area (Å²) >= 11 is 1.66. The number of aryl methyl sites for hydroxylation is 3. The fourth-order valence-corrected chi connectivity index (χ4v) is 3.53. The van der Waals surface area contributed by atoms with E-state index in [4.69, 9.17) is 0 Å². The summed E-state index contributed by atoms with van der Waals surface area (Å²) in [6.07, 6.45) is 0.660. The largest absolute Gasteiger partial charge is 0.346 e. The smallest absolute Gasteiger partial charge is 0.267 e. The van der Waals surface area contributed by atoms with E-state index in [1.54, 1.807) is 11.3 Å². The van der Waals surface area contributed by atoms with E-state index >= 15 is 0 Å². The van der Waals surface area contributed by atoms with Crippen LogP contribution in [0.25, 0.3) is 0 Å². The van der Waals surface area contributed by atoms with Gasteiger partial charge < -0.3 is 5.32 Å². The van der Waals surface area contributed by atoms with Gasteiger partial charge in [-0.3, -0.25) is 9.59 Å². The second kappa shape index (κ2) is 7.19. The van der Waals surface area contributed by atoms with Gasteiger partial charge in [0.2, 0.25) is 5.91 Å². The summed E-state index contributed by atoms with van der Waals surface area (Å²) in [4.78, 5) is 27.1. The van der Waals surface area contributed by atoms with Crippen molar-refractivity contribution in [3.05, 3.63) is 51.2 Å². The molecule has 0 spiro atoms. The fourth-order valence-electron chi connectivity index (χ4n) is 2.70. The van der Waals surface area contributed by atoms with Gasteiger partial charge in [0, 0.05) is 22.6 Å². The molecule has 0 bridgehead atoms. The molecular weight excluding hydrogens is 334 g/mol. The van der Waals surface area contributed by atoms with Crippen molar-refractivity contribution in [1.82, 2.24) is 5.32 Å². The predicted molar refractivity (Wildman–Crippen MR) is 101 cm³/mol. The minimum atomic E-state index is -0.214. The molecule has 6 heteroatoms. The van der Waals surface area contributed by atoms with Crippen molar-refractivity contribution in [1.29, 1.82) is 0 Å². The second-order valence-electron chi connectivity index (χ2n) is 6.24. The molecule has 5 nitrogen and oxygen atoms in total. The van der Waals surface area contributed by atoms with Crippen molar-refractivity contribution in [2.75, 3.05) is 5.01 Å². The highest BCUT2D eigenvalue weighted by Crippen LogP contribution is 2.25. The zero-order chi connectivity index (χ0) is 18.0. The summed E-state index contributed by atoms with van der Waals surface area (Å²) in [6, 6.07) is 9.92. The number of hydrogen-bond donors (Lipinski definition) is 1. The van der Waals surface area contributed by atoms with Crippen molar-refractivity contribution >= 4 is 34.6 Å². The highest BCUT2D eigenvalue weighted by atomic mass is 32.1. The van der Waals surface area contributed by atoms with Gasteiger partial charge in [0.1, 0.15) is 5.71 Å². The standard InChI is InChI=1S/C19H21N3O2S/c1-12-4-5-13(2)17(10-12)22-18(23)9-8-16(21-22)19(24)20-11-15-7-6-14(3)25-15/h4-7,10H,8-9,11H2,1-3H3,(H,20,24). The molecule has 130 valence electrons. The maximum atomic E-state index is 12.4. The van der Waals surface area contributed by atoms with Gasteiger partial charge in [0.15, 0.2) is 0 Å². The van der Waals surface area contributed by atoms with Crippen LogP contribution in [-0.2, 0) is 16.1 Å². The van der Waals surface area contributed by atoms with Gasteiger partial charge in [-0.2, -0.15) is 5.10 Å². The first kappa shape index (κ1) is 17.4. The molecule has 0 saturated heterocycles. The molecule has 2 aromatic rings. The Labute approximate surface area is 151 Å². The van der Waals surface area contributed by atoms with Gasteiger partial charge in [-0.1, -0.05) is 12.1 Å². The van der Waals surface area contributed by atoms with Crippen LogP contribution in [0.1, 0.15) is 33.7 Å². The molecule has 25 heavy (non-hydrogen) atoms. The van der Waals surface area contributed by atoms with E-state index in [1.165, 1.54) is 9.89 Å². The van der Waals surface area contributed by atoms with Gasteiger partial charge in [-0.05, 0) is 50.1 Å². The third-order valence-electron chi connectivity index (χ3n) is 4.11. The van der Waals surface area contributed by atoms with Crippen molar-refractivity contribution in [3.8, 4) is 0 Å². The van der Waals surface area contributed by atoms with Crippen molar-refractivity contribution in [2.45, 2.75) is 40.2 Å². The van der Waals surface area contributed by atoms with Crippen LogP contribution >= 0.6 is 11.3 Å². The lowest BCUT2D eigenvalue weighted by Crippen LogP contribution is -2.39. The molecule has 0 fully saturated rings. The average molecular weight is 355 g/mol. The molecule has 1 aromatic carbocycles. The Morgan fingerprint density at radius 3 is 2.72 bits per heavy atom. The highest BCUT2D eigenvalue weighted by molar-refractivity contribution is 7.11. The Morgan fingerprint density at radius 2 is 2.00 bits per heavy atom. The number of hydrogen-bond acceptors (Lipinski definition) is 4. The third-order valence-corrected chi connectivity index (χ3v) is 5.11. The topological polar surface area (TPSA) is 61.8 Å². The molecule has 0 radical (unpaired) electrons. The molecule has 2 heterocycles. The van der Waals surface area contributed by atoms with E-state index in [9.17, 15) is 9.59 Å². The molecule has 1 aliphatic rings. The highest BCUT2D eigenvalue weighted by Gasteiger charge is 2.26. The van der Waals surface area contributed by atoms with Crippen LogP contribution in [0.3, 0.4) is 0 Å². The lowest BCUT2D eigenvalue weighted by Gasteiger charge is -2.24. The van der Waals surface area contributed by atoms with Gasteiger partial charge in [-0.15, -0.1) is 11.3 Å². The number of anilines is 1. The molecular formula is C19H21N3O2S. The SMILES string of the molecule is Cc1ccc(C)c(N2N=C(C(=O)NCc3ccc(C)s3)CCC2=O)c1. The summed E-state index contributed by atoms with van der Waals surface area (Å²) in [7, 11) is 0. The number of thiophene rings is 1. The van der Waals surface area contributed by atoms with Crippen LogP contribution in [-0.4, -0.2) is 17.5 Å². The zero-order valence-electron chi connectivity index (χ0n) is 14.6. The second-order valence-corrected chi connectivity index (χ2v) is 7.61. The molecule has 0 atom stereocenters. The van der Waals surface area contributed by atoms with E-state index in [-0.39, 0.29) is 18.2 Å². The molecule has 1 aliphatic heterocycles. The van der Waals surface area contributed by atoms with E-state index in [0.29, 0.717) is 18.7 Å². The summed E-state index contributed by atoms with van der Waals surface area (Å²) in [5.41, 5.74) is 3.14. The number of hydrazone groups is 1. The molecule has 0 saturated carbocycles. The average Bonchev–Trinajstić information content (AvgIpc) is 3.01. The molecule has 1 aromatic heterocycles. The van der Waals surface area contributed by atoms with Gasteiger partial charge >= 0.3 is 0 Å². The fraction of sp³-hybridized carbons (Fsp3) is 0.316. The first-order valence-corrected chi connectivity index (χ1v) is 9.07. The van der Waals surface area contributed by atoms with E-state index in [2.05, 4.69) is 10.4 Å². The third kappa shape index (κ3) is 3.96. The molecule has 0 unspecified atom stereocenters. The van der Waals surface area contributed by atoms with E-state index in [0.717, 1.165) is 21.7 Å². The number of nitrogens with one attached hydrogen (secondary N) is 1. The maximum Gasteiger partial charge on any atom is 0.267 e. The van der Waals surface area contributed by atoms with Crippen LogP contribution in [0.2, 0.25) is 0 Å². The molecule has 3 rings (SSSR count). The van der Waals surface area contributed by atoms with Crippen LogP contribution in [0, 0.1) is 20.8 Å². The monoisotopic (exact) mass is 355 g/mol. The molecule has 1 N–H and O–H groups in total. The Hall–Kier alpha value is -2.47. The van der Waals surface area contributed by atoms with Crippen LogP contribution in [0.5, 0.6) is 0 Å². The lowest BCUT2D eigenvalue weighted by atomic mass is 10.1. The minimum absolute atomic E-state index is 0.0841. The van der Waals surface area contributed by atoms with Crippen LogP contribution < -0.4 is 10.3 Å². The number of nitrogens with zero attached hydrogens (tertiary/aromatic N) is 2. The minimum Gasteiger partial charge on any atom is -0.346 e. The van der Waals surface area contributed by atoms with E-state index in [1.807, 2.05) is 51.1 Å². The summed E-state index contributed by atoms with van der Waals surface area (Å²) in [5.74, 6) is -0.298. The quantitative estimate of drug-likeness (QED) is 0.913. The van der Waals surface area contributed by atoms with Gasteiger partial charge in [-0.25, -0.2) is 5.01 Å². The first-order chi connectivity index (χ1) is 11.9. The van der Waals surface area contributed by atoms with Gasteiger partial charge in [0.25, 0.3) is 5.91 Å². The lowest BCUT2D eigenvalue weighted by molar-refractivity contribution is -0.119. The summed E-state index contributed by atoms with van der Waals surface area (Å²) < 4.78 is 0. The number of carbonyl (C=O) groups excluding carboxylic acids is 2. The number of benzene rings is 1.